The number of rotatable bonds is 3. The van der Waals surface area contributed by atoms with Gasteiger partial charge in [0.1, 0.15) is 0 Å². The van der Waals surface area contributed by atoms with Crippen molar-refractivity contribution in [3.8, 4) is 0 Å². The highest BCUT2D eigenvalue weighted by atomic mass is 35.5. The topological polar surface area (TPSA) is 41.9 Å². The molecule has 0 aliphatic heterocycles. The van der Waals surface area contributed by atoms with E-state index in [1.165, 1.54) is 0 Å². The lowest BCUT2D eigenvalue weighted by molar-refractivity contribution is 0.687. The molecule has 2 rings (SSSR count). The van der Waals surface area contributed by atoms with Gasteiger partial charge in [0.05, 0.1) is 17.8 Å². The monoisotopic (exact) mass is 280 g/mol. The molecule has 2 aromatic rings. The third-order valence-electron chi connectivity index (χ3n) is 2.36. The predicted octanol–water partition coefficient (Wildman–Crippen LogP) is 2.50. The number of anilines is 1. The van der Waals surface area contributed by atoms with Crippen molar-refractivity contribution in [3.05, 3.63) is 47.2 Å². The Labute approximate surface area is 116 Å². The van der Waals surface area contributed by atoms with Crippen LogP contribution in [0, 0.1) is 0 Å². The fourth-order valence-electron chi connectivity index (χ4n) is 1.55. The second-order valence-corrected chi connectivity index (χ2v) is 4.61. The molecule has 0 aliphatic rings. The van der Waals surface area contributed by atoms with Gasteiger partial charge in [0.2, 0.25) is 0 Å². The first kappa shape index (κ1) is 12.9. The Balaban J connectivity index is 2.09. The molecule has 1 aromatic carbocycles. The quantitative estimate of drug-likeness (QED) is 0.848. The molecule has 0 spiro atoms. The first-order valence-electron chi connectivity index (χ1n) is 5.43. The van der Waals surface area contributed by atoms with E-state index in [-0.39, 0.29) is 0 Å². The van der Waals surface area contributed by atoms with Crippen LogP contribution in [0.1, 0.15) is 5.56 Å². The van der Waals surface area contributed by atoms with E-state index in [4.69, 9.17) is 23.8 Å². The van der Waals surface area contributed by atoms with Crippen LogP contribution in [0.25, 0.3) is 0 Å². The zero-order valence-electron chi connectivity index (χ0n) is 9.85. The molecule has 94 valence electrons. The molecule has 0 aliphatic carbocycles. The summed E-state index contributed by atoms with van der Waals surface area (Å²) in [7, 11) is 1.78. The largest absolute Gasteiger partial charge is 0.366 e. The molecule has 0 bridgehead atoms. The summed E-state index contributed by atoms with van der Waals surface area (Å²) in [6, 6.07) is 7.99. The highest BCUT2D eigenvalue weighted by Gasteiger charge is 2.00. The van der Waals surface area contributed by atoms with Crippen molar-refractivity contribution >= 4 is 34.6 Å². The molecule has 6 heteroatoms. The minimum atomic E-state index is 0.592. The van der Waals surface area contributed by atoms with Gasteiger partial charge in [-0.1, -0.05) is 23.7 Å². The van der Waals surface area contributed by atoms with Crippen LogP contribution in [-0.2, 0) is 6.54 Å². The van der Waals surface area contributed by atoms with Crippen molar-refractivity contribution in [1.29, 1.82) is 0 Å². The van der Waals surface area contributed by atoms with Crippen molar-refractivity contribution < 1.29 is 0 Å². The van der Waals surface area contributed by atoms with Gasteiger partial charge in [-0.25, -0.2) is 0 Å². The average molecular weight is 281 g/mol. The van der Waals surface area contributed by atoms with Crippen LogP contribution in [0.3, 0.4) is 0 Å². The lowest BCUT2D eigenvalue weighted by atomic mass is 10.2. The van der Waals surface area contributed by atoms with E-state index in [1.54, 1.807) is 24.1 Å². The molecular weight excluding hydrogens is 268 g/mol. The van der Waals surface area contributed by atoms with E-state index in [2.05, 4.69) is 15.7 Å². The summed E-state index contributed by atoms with van der Waals surface area (Å²) in [6.07, 6.45) is 3.42. The molecule has 18 heavy (non-hydrogen) atoms. The Bertz CT molecular complexity index is 553. The highest BCUT2D eigenvalue weighted by molar-refractivity contribution is 7.80. The molecule has 0 saturated heterocycles. The molecule has 0 radical (unpaired) electrons. The lowest BCUT2D eigenvalue weighted by Gasteiger charge is -2.09. The van der Waals surface area contributed by atoms with Gasteiger partial charge in [-0.3, -0.25) is 4.68 Å². The number of nitrogens with zero attached hydrogens (tertiary/aromatic N) is 2. The minimum absolute atomic E-state index is 0.592. The standard InChI is InChI=1S/C12H13ClN4S/c1-14-12(18)16-11-4-2-3-9(5-11)7-17-8-10(13)6-15-17/h2-6,8H,7H2,1H3,(H2,14,16,18). The van der Waals surface area contributed by atoms with Crippen LogP contribution in [0.4, 0.5) is 5.69 Å². The van der Waals surface area contributed by atoms with Gasteiger partial charge >= 0.3 is 0 Å². The van der Waals surface area contributed by atoms with Crippen LogP contribution in [0.5, 0.6) is 0 Å². The number of aromatic nitrogens is 2. The number of hydrogen-bond acceptors (Lipinski definition) is 2. The summed E-state index contributed by atoms with van der Waals surface area (Å²) in [5.74, 6) is 0. The van der Waals surface area contributed by atoms with Crippen LogP contribution >= 0.6 is 23.8 Å². The second kappa shape index (κ2) is 5.84. The maximum Gasteiger partial charge on any atom is 0.170 e. The van der Waals surface area contributed by atoms with Gasteiger partial charge in [0, 0.05) is 18.9 Å². The molecule has 0 atom stereocenters. The normalized spacial score (nSPS) is 10.1. The van der Waals surface area contributed by atoms with E-state index in [9.17, 15) is 0 Å². The van der Waals surface area contributed by atoms with Crippen molar-refractivity contribution in [2.75, 3.05) is 12.4 Å². The Morgan fingerprint density at radius 2 is 2.33 bits per heavy atom. The second-order valence-electron chi connectivity index (χ2n) is 3.76. The van der Waals surface area contributed by atoms with E-state index >= 15 is 0 Å². The minimum Gasteiger partial charge on any atom is -0.366 e. The highest BCUT2D eigenvalue weighted by Crippen LogP contribution is 2.13. The number of benzene rings is 1. The molecule has 1 heterocycles. The molecule has 4 nitrogen and oxygen atoms in total. The average Bonchev–Trinajstić information content (AvgIpc) is 2.75. The summed E-state index contributed by atoms with van der Waals surface area (Å²) in [5.41, 5.74) is 2.07. The van der Waals surface area contributed by atoms with Crippen molar-refractivity contribution in [2.24, 2.45) is 0 Å². The van der Waals surface area contributed by atoms with Crippen LogP contribution in [-0.4, -0.2) is 21.9 Å². The van der Waals surface area contributed by atoms with Crippen LogP contribution < -0.4 is 10.6 Å². The molecular formula is C12H13ClN4S. The van der Waals surface area contributed by atoms with E-state index in [0.29, 0.717) is 16.7 Å². The van der Waals surface area contributed by atoms with Crippen molar-refractivity contribution in [3.63, 3.8) is 0 Å². The van der Waals surface area contributed by atoms with Crippen LogP contribution in [0.15, 0.2) is 36.7 Å². The van der Waals surface area contributed by atoms with Crippen LogP contribution in [0.2, 0.25) is 5.02 Å². The maximum absolute atomic E-state index is 5.82. The smallest absolute Gasteiger partial charge is 0.170 e. The van der Waals surface area contributed by atoms with Gasteiger partial charge in [-0.05, 0) is 29.9 Å². The third-order valence-corrected chi connectivity index (χ3v) is 2.86. The summed E-state index contributed by atoms with van der Waals surface area (Å²) in [4.78, 5) is 0. The molecule has 0 fully saturated rings. The number of thiocarbonyl (C=S) groups is 1. The van der Waals surface area contributed by atoms with E-state index in [0.717, 1.165) is 11.3 Å². The van der Waals surface area contributed by atoms with E-state index < -0.39 is 0 Å². The molecule has 0 unspecified atom stereocenters. The summed E-state index contributed by atoms with van der Waals surface area (Å²) in [6.45, 7) is 0.675. The summed E-state index contributed by atoms with van der Waals surface area (Å²) < 4.78 is 1.79. The zero-order valence-corrected chi connectivity index (χ0v) is 11.4. The van der Waals surface area contributed by atoms with E-state index in [1.807, 2.05) is 24.3 Å². The Morgan fingerprint density at radius 3 is 3.00 bits per heavy atom. The summed E-state index contributed by atoms with van der Waals surface area (Å²) >= 11 is 10.9. The fourth-order valence-corrected chi connectivity index (χ4v) is 1.83. The molecule has 1 aromatic heterocycles. The Kier molecular flexibility index (Phi) is 4.17. The van der Waals surface area contributed by atoms with Gasteiger partial charge in [0.15, 0.2) is 5.11 Å². The maximum atomic E-state index is 5.82. The zero-order chi connectivity index (χ0) is 13.0. The van der Waals surface area contributed by atoms with Gasteiger partial charge < -0.3 is 10.6 Å². The van der Waals surface area contributed by atoms with Crippen molar-refractivity contribution in [2.45, 2.75) is 6.54 Å². The number of halogens is 1. The number of nitrogens with one attached hydrogen (secondary N) is 2. The SMILES string of the molecule is CNC(=S)Nc1cccc(Cn2cc(Cl)cn2)c1. The first-order chi connectivity index (χ1) is 8.67. The molecule has 0 amide bonds. The number of hydrogen-bond donors (Lipinski definition) is 2. The van der Waals surface area contributed by atoms with Gasteiger partial charge in [0.25, 0.3) is 0 Å². The fraction of sp³-hybridized carbons (Fsp3) is 0.167. The molecule has 2 N–H and O–H groups in total. The van der Waals surface area contributed by atoms with Crippen molar-refractivity contribution in [1.82, 2.24) is 15.1 Å². The van der Waals surface area contributed by atoms with Gasteiger partial charge in [-0.2, -0.15) is 5.10 Å². The Morgan fingerprint density at radius 1 is 1.50 bits per heavy atom. The predicted molar refractivity (Wildman–Crippen MR) is 78.1 cm³/mol. The summed E-state index contributed by atoms with van der Waals surface area (Å²) in [5, 5.41) is 11.3. The molecule has 0 saturated carbocycles. The first-order valence-corrected chi connectivity index (χ1v) is 6.21. The Hall–Kier alpha value is -1.59. The van der Waals surface area contributed by atoms with Gasteiger partial charge in [-0.15, -0.1) is 0 Å². The lowest BCUT2D eigenvalue weighted by Crippen LogP contribution is -2.24. The third kappa shape index (κ3) is 3.45.